The van der Waals surface area contributed by atoms with Crippen molar-refractivity contribution in [3.05, 3.63) is 0 Å². The van der Waals surface area contributed by atoms with Crippen molar-refractivity contribution in [3.8, 4) is 0 Å². The fourth-order valence-corrected chi connectivity index (χ4v) is 1.41. The third-order valence-electron chi connectivity index (χ3n) is 2.33. The molecule has 15 heavy (non-hydrogen) atoms. The Hall–Kier alpha value is -0.730. The number of carbonyl (C=O) groups excluding carboxylic acids is 1. The van der Waals surface area contributed by atoms with E-state index in [-0.39, 0.29) is 0 Å². The Morgan fingerprint density at radius 2 is 1.87 bits per heavy atom. The zero-order valence-corrected chi connectivity index (χ0v) is 8.11. The maximum Gasteiger partial charge on any atom is 0.337 e. The maximum atomic E-state index is 11.1. The van der Waals surface area contributed by atoms with Crippen molar-refractivity contribution >= 4 is 5.97 Å². The van der Waals surface area contributed by atoms with Crippen LogP contribution in [0.4, 0.5) is 0 Å². The van der Waals surface area contributed by atoms with Crippen LogP contribution in [0.5, 0.6) is 0 Å². The van der Waals surface area contributed by atoms with Gasteiger partial charge >= 0.3 is 5.97 Å². The van der Waals surface area contributed by atoms with Gasteiger partial charge in [0.2, 0.25) is 0 Å². The lowest BCUT2D eigenvalue weighted by Crippen LogP contribution is -2.60. The second kappa shape index (κ2) is 4.86. The molecule has 4 N–H and O–H groups in total. The lowest BCUT2D eigenvalue weighted by Gasteiger charge is -2.38. The SMILES string of the molecule is COC(=O)[C@@H]1O[C@H](CO)[C@H](O)[C@H](O)[C@H]1O. The Bertz CT molecular complexity index is 229. The van der Waals surface area contributed by atoms with Crippen molar-refractivity contribution in [2.24, 2.45) is 0 Å². The first-order valence-electron chi connectivity index (χ1n) is 4.41. The molecule has 5 atom stereocenters. The number of hydrogen-bond acceptors (Lipinski definition) is 7. The zero-order chi connectivity index (χ0) is 11.6. The molecule has 7 nitrogen and oxygen atoms in total. The van der Waals surface area contributed by atoms with Crippen molar-refractivity contribution in [3.63, 3.8) is 0 Å². The fourth-order valence-electron chi connectivity index (χ4n) is 1.41. The predicted molar refractivity (Wildman–Crippen MR) is 45.8 cm³/mol. The van der Waals surface area contributed by atoms with Crippen LogP contribution in [-0.2, 0) is 14.3 Å². The summed E-state index contributed by atoms with van der Waals surface area (Å²) in [6, 6.07) is 0. The summed E-state index contributed by atoms with van der Waals surface area (Å²) in [6.07, 6.45) is -7.08. The lowest BCUT2D eigenvalue weighted by molar-refractivity contribution is -0.234. The molecule has 1 saturated heterocycles. The van der Waals surface area contributed by atoms with Crippen LogP contribution >= 0.6 is 0 Å². The number of methoxy groups -OCH3 is 1. The van der Waals surface area contributed by atoms with Crippen molar-refractivity contribution in [1.82, 2.24) is 0 Å². The van der Waals surface area contributed by atoms with Gasteiger partial charge in [0.25, 0.3) is 0 Å². The van der Waals surface area contributed by atoms with Gasteiger partial charge in [0.05, 0.1) is 13.7 Å². The Balaban J connectivity index is 2.78. The third-order valence-corrected chi connectivity index (χ3v) is 2.33. The number of esters is 1. The molecule has 0 amide bonds. The minimum atomic E-state index is -1.57. The summed E-state index contributed by atoms with van der Waals surface area (Å²) in [4.78, 5) is 11.1. The first-order chi connectivity index (χ1) is 7.02. The molecular formula is C8H14O7. The standard InChI is InChI=1S/C8H14O7/c1-14-8(13)7-6(12)5(11)4(10)3(2-9)15-7/h3-7,9-12H,2H2,1H3/t3-,4+,5+,6-,7-/m1/s1. The number of rotatable bonds is 2. The second-order valence-electron chi connectivity index (χ2n) is 3.27. The molecule has 0 unspecified atom stereocenters. The van der Waals surface area contributed by atoms with E-state index in [1.165, 1.54) is 0 Å². The van der Waals surface area contributed by atoms with Gasteiger partial charge in [-0.15, -0.1) is 0 Å². The summed E-state index contributed by atoms with van der Waals surface area (Å²) in [5.74, 6) is -0.869. The molecule has 88 valence electrons. The molecular weight excluding hydrogens is 208 g/mol. The van der Waals surface area contributed by atoms with Crippen molar-refractivity contribution in [1.29, 1.82) is 0 Å². The van der Waals surface area contributed by atoms with Gasteiger partial charge in [-0.25, -0.2) is 4.79 Å². The highest BCUT2D eigenvalue weighted by Crippen LogP contribution is 2.21. The summed E-state index contributed by atoms with van der Waals surface area (Å²) in [5, 5.41) is 36.9. The Morgan fingerprint density at radius 3 is 2.33 bits per heavy atom. The molecule has 0 aromatic heterocycles. The summed E-state index contributed by atoms with van der Waals surface area (Å²) < 4.78 is 9.24. The molecule has 1 heterocycles. The summed E-state index contributed by atoms with van der Waals surface area (Å²) in [7, 11) is 1.10. The first kappa shape index (κ1) is 12.3. The van der Waals surface area contributed by atoms with Gasteiger partial charge in [0.15, 0.2) is 6.10 Å². The van der Waals surface area contributed by atoms with Gasteiger partial charge in [0.1, 0.15) is 24.4 Å². The second-order valence-corrected chi connectivity index (χ2v) is 3.27. The van der Waals surface area contributed by atoms with Crippen LogP contribution in [0.3, 0.4) is 0 Å². The number of aliphatic hydroxyl groups is 4. The average Bonchev–Trinajstić information content (AvgIpc) is 2.25. The highest BCUT2D eigenvalue weighted by molar-refractivity contribution is 5.75. The van der Waals surface area contributed by atoms with Crippen LogP contribution in [0.25, 0.3) is 0 Å². The summed E-state index contributed by atoms with van der Waals surface area (Å²) in [5.41, 5.74) is 0. The van der Waals surface area contributed by atoms with E-state index in [0.29, 0.717) is 0 Å². The molecule has 1 aliphatic heterocycles. The largest absolute Gasteiger partial charge is 0.467 e. The minimum Gasteiger partial charge on any atom is -0.467 e. The normalized spacial score (nSPS) is 41.3. The smallest absolute Gasteiger partial charge is 0.337 e. The molecule has 0 aliphatic carbocycles. The fraction of sp³-hybridized carbons (Fsp3) is 0.875. The van der Waals surface area contributed by atoms with Crippen LogP contribution in [-0.4, -0.2) is 70.6 Å². The number of hydrogen-bond donors (Lipinski definition) is 4. The van der Waals surface area contributed by atoms with E-state index in [1.807, 2.05) is 0 Å². The van der Waals surface area contributed by atoms with Gasteiger partial charge in [0, 0.05) is 0 Å². The highest BCUT2D eigenvalue weighted by Gasteiger charge is 2.46. The van der Waals surface area contributed by atoms with E-state index >= 15 is 0 Å². The van der Waals surface area contributed by atoms with Crippen molar-refractivity contribution < 1.29 is 34.7 Å². The minimum absolute atomic E-state index is 0.571. The van der Waals surface area contributed by atoms with E-state index in [9.17, 15) is 20.1 Å². The molecule has 0 aromatic rings. The Labute approximate surface area is 85.9 Å². The van der Waals surface area contributed by atoms with Gasteiger partial charge in [-0.05, 0) is 0 Å². The van der Waals surface area contributed by atoms with E-state index < -0.39 is 43.1 Å². The Morgan fingerprint density at radius 1 is 1.27 bits per heavy atom. The third kappa shape index (κ3) is 2.27. The summed E-state index contributed by atoms with van der Waals surface area (Å²) in [6.45, 7) is -0.571. The molecule has 1 aliphatic rings. The first-order valence-corrected chi connectivity index (χ1v) is 4.41. The van der Waals surface area contributed by atoms with E-state index in [4.69, 9.17) is 9.84 Å². The number of aliphatic hydroxyl groups excluding tert-OH is 4. The quantitative estimate of drug-likeness (QED) is 0.368. The highest BCUT2D eigenvalue weighted by atomic mass is 16.6. The van der Waals surface area contributed by atoms with Crippen LogP contribution in [0, 0.1) is 0 Å². The molecule has 7 heteroatoms. The number of carbonyl (C=O) groups is 1. The van der Waals surface area contributed by atoms with Crippen LogP contribution in [0.15, 0.2) is 0 Å². The predicted octanol–water partition coefficient (Wildman–Crippen LogP) is -3.00. The van der Waals surface area contributed by atoms with Gasteiger partial charge in [-0.2, -0.15) is 0 Å². The van der Waals surface area contributed by atoms with E-state index in [1.54, 1.807) is 0 Å². The monoisotopic (exact) mass is 222 g/mol. The van der Waals surface area contributed by atoms with Crippen molar-refractivity contribution in [2.45, 2.75) is 30.5 Å². The van der Waals surface area contributed by atoms with Crippen LogP contribution in [0.2, 0.25) is 0 Å². The van der Waals surface area contributed by atoms with Crippen LogP contribution < -0.4 is 0 Å². The van der Waals surface area contributed by atoms with E-state index in [0.717, 1.165) is 7.11 Å². The van der Waals surface area contributed by atoms with Gasteiger partial charge in [-0.3, -0.25) is 0 Å². The maximum absolute atomic E-state index is 11.1. The molecule has 0 spiro atoms. The van der Waals surface area contributed by atoms with Crippen LogP contribution in [0.1, 0.15) is 0 Å². The molecule has 1 rings (SSSR count). The van der Waals surface area contributed by atoms with Crippen molar-refractivity contribution in [2.75, 3.05) is 13.7 Å². The molecule has 0 aromatic carbocycles. The molecule has 0 saturated carbocycles. The van der Waals surface area contributed by atoms with E-state index in [2.05, 4.69) is 4.74 Å². The van der Waals surface area contributed by atoms with Gasteiger partial charge in [-0.1, -0.05) is 0 Å². The molecule has 1 fully saturated rings. The molecule has 0 bridgehead atoms. The lowest BCUT2D eigenvalue weighted by atomic mass is 9.95. The molecule has 0 radical (unpaired) electrons. The number of ether oxygens (including phenoxy) is 2. The topological polar surface area (TPSA) is 116 Å². The van der Waals surface area contributed by atoms with Gasteiger partial charge < -0.3 is 29.9 Å². The average molecular weight is 222 g/mol. The summed E-state index contributed by atoms with van der Waals surface area (Å²) >= 11 is 0. The Kier molecular flexibility index (Phi) is 4.00. The zero-order valence-electron chi connectivity index (χ0n) is 8.11.